The zero-order valence-corrected chi connectivity index (χ0v) is 20.0. The highest BCUT2D eigenvalue weighted by Gasteiger charge is 2.24. The van der Waals surface area contributed by atoms with E-state index in [1.807, 2.05) is 28.5 Å². The second-order valence-electron chi connectivity index (χ2n) is 8.57. The number of nitrogens with zero attached hydrogens (tertiary/aromatic N) is 5. The Kier molecular flexibility index (Phi) is 6.68. The molecule has 9 nitrogen and oxygen atoms in total. The third kappa shape index (κ3) is 4.74. The molecular weight excluding hydrogens is 452 g/mol. The third-order valence-electron chi connectivity index (χ3n) is 6.16. The van der Waals surface area contributed by atoms with E-state index in [2.05, 4.69) is 32.2 Å². The maximum atomic E-state index is 12.9. The minimum Gasteiger partial charge on any atom is -0.378 e. The van der Waals surface area contributed by atoms with Gasteiger partial charge in [-0.3, -0.25) is 14.2 Å². The number of amides is 1. The van der Waals surface area contributed by atoms with Gasteiger partial charge in [0.15, 0.2) is 10.9 Å². The van der Waals surface area contributed by atoms with Crippen molar-refractivity contribution in [1.29, 1.82) is 0 Å². The highest BCUT2D eigenvalue weighted by Crippen LogP contribution is 2.28. The van der Waals surface area contributed by atoms with E-state index in [-0.39, 0.29) is 17.4 Å². The number of ketones is 1. The van der Waals surface area contributed by atoms with Crippen LogP contribution in [-0.4, -0.2) is 81.5 Å². The number of anilines is 1. The van der Waals surface area contributed by atoms with Crippen molar-refractivity contribution >= 4 is 29.4 Å². The van der Waals surface area contributed by atoms with Gasteiger partial charge in [-0.25, -0.2) is 0 Å². The number of H-pyrrole nitrogens is 1. The molecule has 1 aromatic carbocycles. The van der Waals surface area contributed by atoms with Gasteiger partial charge in [0.05, 0.1) is 24.7 Å². The van der Waals surface area contributed by atoms with Crippen LogP contribution in [0.5, 0.6) is 0 Å². The topological polar surface area (TPSA) is 96.4 Å². The first kappa shape index (κ1) is 22.7. The number of aromatic amines is 1. The van der Waals surface area contributed by atoms with Crippen LogP contribution in [0.15, 0.2) is 41.7 Å². The van der Waals surface area contributed by atoms with Crippen molar-refractivity contribution in [2.75, 3.05) is 50.0 Å². The molecule has 2 saturated heterocycles. The van der Waals surface area contributed by atoms with Gasteiger partial charge < -0.3 is 19.5 Å². The number of morpholine rings is 1. The lowest BCUT2D eigenvalue weighted by atomic mass is 10.2. The number of Topliss-reactive ketones (excluding diaryl/α,β-unsaturated/α-hetero) is 1. The molecule has 0 aliphatic carbocycles. The molecule has 34 heavy (non-hydrogen) atoms. The number of carbonyl (C=O) groups is 2. The SMILES string of the molecule is Cc1ccc(-n2c(SCC(=O)c3c[nH]c(C(=O)N4CCCC4)c3)nnc2N2CCOCC2)cc1. The Hall–Kier alpha value is -3.11. The molecule has 0 radical (unpaired) electrons. The molecule has 0 spiro atoms. The minimum atomic E-state index is -0.0619. The number of aromatic nitrogens is 4. The average molecular weight is 481 g/mol. The molecule has 2 aliphatic rings. The monoisotopic (exact) mass is 480 g/mol. The molecule has 4 heterocycles. The van der Waals surface area contributed by atoms with Crippen molar-refractivity contribution in [3.05, 3.63) is 53.3 Å². The lowest BCUT2D eigenvalue weighted by Gasteiger charge is -2.27. The fraction of sp³-hybridized carbons (Fsp3) is 0.417. The second-order valence-corrected chi connectivity index (χ2v) is 9.51. The van der Waals surface area contributed by atoms with Crippen LogP contribution in [0, 0.1) is 6.92 Å². The molecule has 5 rings (SSSR count). The Balaban J connectivity index is 1.33. The summed E-state index contributed by atoms with van der Waals surface area (Å²) in [6, 6.07) is 9.84. The highest BCUT2D eigenvalue weighted by molar-refractivity contribution is 7.99. The van der Waals surface area contributed by atoms with Crippen LogP contribution in [0.2, 0.25) is 0 Å². The van der Waals surface area contributed by atoms with Gasteiger partial charge in [0.2, 0.25) is 5.95 Å². The van der Waals surface area contributed by atoms with Crippen molar-refractivity contribution < 1.29 is 14.3 Å². The number of likely N-dealkylation sites (tertiary alicyclic amines) is 1. The number of nitrogens with one attached hydrogen (secondary N) is 1. The van der Waals surface area contributed by atoms with Gasteiger partial charge in [-0.1, -0.05) is 29.5 Å². The number of ether oxygens (including phenoxy) is 1. The van der Waals surface area contributed by atoms with E-state index in [0.29, 0.717) is 29.6 Å². The molecule has 2 fully saturated rings. The van der Waals surface area contributed by atoms with Gasteiger partial charge in [-0.15, -0.1) is 10.2 Å². The predicted octanol–water partition coefficient (Wildman–Crippen LogP) is 2.95. The molecule has 2 aromatic heterocycles. The number of rotatable bonds is 7. The van der Waals surface area contributed by atoms with E-state index in [4.69, 9.17) is 4.74 Å². The second kappa shape index (κ2) is 10.0. The minimum absolute atomic E-state index is 0.0431. The Labute approximate surface area is 202 Å². The first-order valence-corrected chi connectivity index (χ1v) is 12.6. The number of carbonyl (C=O) groups excluding carboxylic acids is 2. The molecule has 0 saturated carbocycles. The van der Waals surface area contributed by atoms with E-state index in [0.717, 1.165) is 50.7 Å². The lowest BCUT2D eigenvalue weighted by Crippen LogP contribution is -2.37. The largest absolute Gasteiger partial charge is 0.378 e. The fourth-order valence-corrected chi connectivity index (χ4v) is 5.07. The summed E-state index contributed by atoms with van der Waals surface area (Å²) in [5, 5.41) is 9.52. The molecule has 0 unspecified atom stereocenters. The molecule has 0 atom stereocenters. The normalized spacial score (nSPS) is 16.3. The molecule has 3 aromatic rings. The van der Waals surface area contributed by atoms with Crippen LogP contribution in [0.4, 0.5) is 5.95 Å². The fourth-order valence-electron chi connectivity index (χ4n) is 4.23. The van der Waals surface area contributed by atoms with Crippen molar-refractivity contribution in [3.8, 4) is 5.69 Å². The van der Waals surface area contributed by atoms with Gasteiger partial charge in [0.25, 0.3) is 5.91 Å². The maximum Gasteiger partial charge on any atom is 0.270 e. The van der Waals surface area contributed by atoms with Crippen LogP contribution in [0.1, 0.15) is 39.3 Å². The standard InChI is InChI=1S/C24H28N6O3S/c1-17-4-6-19(7-5-17)30-23(29-10-12-33-13-11-29)26-27-24(30)34-16-21(31)18-14-20(25-15-18)22(32)28-8-2-3-9-28/h4-7,14-15,25H,2-3,8-13,16H2,1H3. The van der Waals surface area contributed by atoms with Crippen molar-refractivity contribution in [2.45, 2.75) is 24.9 Å². The Morgan fingerprint density at radius 3 is 2.53 bits per heavy atom. The first-order chi connectivity index (χ1) is 16.6. The Morgan fingerprint density at radius 1 is 1.06 bits per heavy atom. The summed E-state index contributed by atoms with van der Waals surface area (Å²) in [5.74, 6) is 0.844. The van der Waals surface area contributed by atoms with Crippen LogP contribution in [0.25, 0.3) is 5.69 Å². The summed E-state index contributed by atoms with van der Waals surface area (Å²) in [6.45, 7) is 6.37. The van der Waals surface area contributed by atoms with Crippen LogP contribution in [-0.2, 0) is 4.74 Å². The van der Waals surface area contributed by atoms with E-state index in [1.54, 1.807) is 12.3 Å². The third-order valence-corrected chi connectivity index (χ3v) is 7.09. The van der Waals surface area contributed by atoms with Crippen LogP contribution >= 0.6 is 11.8 Å². The number of thioether (sulfide) groups is 1. The lowest BCUT2D eigenvalue weighted by molar-refractivity contribution is 0.0787. The van der Waals surface area contributed by atoms with E-state index >= 15 is 0 Å². The predicted molar refractivity (Wildman–Crippen MR) is 130 cm³/mol. The zero-order chi connectivity index (χ0) is 23.5. The van der Waals surface area contributed by atoms with Crippen molar-refractivity contribution in [1.82, 2.24) is 24.6 Å². The maximum absolute atomic E-state index is 12.9. The zero-order valence-electron chi connectivity index (χ0n) is 19.2. The summed E-state index contributed by atoms with van der Waals surface area (Å²) < 4.78 is 7.49. The molecule has 178 valence electrons. The molecule has 10 heteroatoms. The van der Waals surface area contributed by atoms with Crippen molar-refractivity contribution in [3.63, 3.8) is 0 Å². The first-order valence-electron chi connectivity index (χ1n) is 11.6. The van der Waals surface area contributed by atoms with E-state index in [9.17, 15) is 9.59 Å². The summed E-state index contributed by atoms with van der Waals surface area (Å²) >= 11 is 1.35. The Bertz CT molecular complexity index is 1160. The smallest absolute Gasteiger partial charge is 0.270 e. The number of benzene rings is 1. The summed E-state index contributed by atoms with van der Waals surface area (Å²) in [6.07, 6.45) is 3.68. The average Bonchev–Trinajstić information content (AvgIpc) is 3.64. The summed E-state index contributed by atoms with van der Waals surface area (Å²) in [4.78, 5) is 32.5. The molecule has 2 aliphatic heterocycles. The molecular formula is C24H28N6O3S. The number of hydrogen-bond acceptors (Lipinski definition) is 7. The van der Waals surface area contributed by atoms with E-state index < -0.39 is 0 Å². The molecule has 0 bridgehead atoms. The van der Waals surface area contributed by atoms with Gasteiger partial charge >= 0.3 is 0 Å². The van der Waals surface area contributed by atoms with E-state index in [1.165, 1.54) is 17.3 Å². The number of hydrogen-bond donors (Lipinski definition) is 1. The number of aryl methyl sites for hydroxylation is 1. The highest BCUT2D eigenvalue weighted by atomic mass is 32.2. The van der Waals surface area contributed by atoms with Crippen LogP contribution in [0.3, 0.4) is 0 Å². The van der Waals surface area contributed by atoms with Gasteiger partial charge in [0.1, 0.15) is 5.69 Å². The van der Waals surface area contributed by atoms with Crippen molar-refractivity contribution in [2.24, 2.45) is 0 Å². The van der Waals surface area contributed by atoms with Gasteiger partial charge in [0, 0.05) is 37.9 Å². The van der Waals surface area contributed by atoms with Gasteiger partial charge in [-0.2, -0.15) is 0 Å². The quantitative estimate of drug-likeness (QED) is 0.410. The molecule has 1 amide bonds. The summed E-state index contributed by atoms with van der Waals surface area (Å²) in [5.41, 5.74) is 3.09. The molecule has 1 N–H and O–H groups in total. The van der Waals surface area contributed by atoms with Gasteiger partial charge in [-0.05, 0) is 38.0 Å². The Morgan fingerprint density at radius 2 is 1.79 bits per heavy atom. The summed E-state index contributed by atoms with van der Waals surface area (Å²) in [7, 11) is 0. The van der Waals surface area contributed by atoms with Crippen LogP contribution < -0.4 is 4.90 Å².